The standard InChI is InChI=1S/C20H28N2O3/c1-25-17-8-5-7-16(15-17)18-9-6-13-22(18)20(24)11-14-21-12-4-2-3-10-19(21)23/h5,7-8,15,18H,2-4,6,9-14H2,1H3. The van der Waals surface area contributed by atoms with Crippen LogP contribution in [0, 0.1) is 0 Å². The number of hydrogen-bond donors (Lipinski definition) is 0. The van der Waals surface area contributed by atoms with Crippen molar-refractivity contribution in [1.29, 1.82) is 0 Å². The van der Waals surface area contributed by atoms with Crippen molar-refractivity contribution in [3.63, 3.8) is 0 Å². The van der Waals surface area contributed by atoms with Crippen LogP contribution in [0.1, 0.15) is 56.6 Å². The maximum absolute atomic E-state index is 12.8. The third-order valence-electron chi connectivity index (χ3n) is 5.32. The summed E-state index contributed by atoms with van der Waals surface area (Å²) in [6.45, 7) is 2.15. The van der Waals surface area contributed by atoms with Crippen molar-refractivity contribution in [2.24, 2.45) is 0 Å². The van der Waals surface area contributed by atoms with Crippen molar-refractivity contribution in [2.75, 3.05) is 26.7 Å². The number of ether oxygens (including phenoxy) is 1. The minimum atomic E-state index is 0.127. The highest BCUT2D eigenvalue weighted by Crippen LogP contribution is 2.33. The molecule has 1 aromatic rings. The summed E-state index contributed by atoms with van der Waals surface area (Å²) in [5, 5.41) is 0. The second-order valence-electron chi connectivity index (χ2n) is 6.96. The van der Waals surface area contributed by atoms with Crippen molar-refractivity contribution >= 4 is 11.8 Å². The van der Waals surface area contributed by atoms with Crippen LogP contribution in [0.3, 0.4) is 0 Å². The first kappa shape index (κ1) is 17.8. The summed E-state index contributed by atoms with van der Waals surface area (Å²) in [4.78, 5) is 28.7. The summed E-state index contributed by atoms with van der Waals surface area (Å²) in [6, 6.07) is 8.12. The topological polar surface area (TPSA) is 49.9 Å². The van der Waals surface area contributed by atoms with E-state index >= 15 is 0 Å². The number of rotatable bonds is 5. The smallest absolute Gasteiger partial charge is 0.224 e. The summed E-state index contributed by atoms with van der Waals surface area (Å²) in [5.74, 6) is 1.19. The highest BCUT2D eigenvalue weighted by Gasteiger charge is 2.30. The van der Waals surface area contributed by atoms with E-state index in [2.05, 4.69) is 6.07 Å². The molecule has 1 unspecified atom stereocenters. The fourth-order valence-corrected chi connectivity index (χ4v) is 3.91. The van der Waals surface area contributed by atoms with E-state index in [1.54, 1.807) is 7.11 Å². The Morgan fingerprint density at radius 2 is 2.08 bits per heavy atom. The number of amides is 2. The molecule has 3 rings (SSSR count). The van der Waals surface area contributed by atoms with Gasteiger partial charge < -0.3 is 14.5 Å². The van der Waals surface area contributed by atoms with Crippen molar-refractivity contribution in [1.82, 2.24) is 9.80 Å². The third-order valence-corrected chi connectivity index (χ3v) is 5.32. The van der Waals surface area contributed by atoms with Crippen molar-refractivity contribution in [3.8, 4) is 5.75 Å². The molecule has 0 N–H and O–H groups in total. The predicted octanol–water partition coefficient (Wildman–Crippen LogP) is 3.15. The molecular weight excluding hydrogens is 316 g/mol. The molecule has 0 bridgehead atoms. The lowest BCUT2D eigenvalue weighted by molar-refractivity contribution is -0.134. The number of nitrogens with zero attached hydrogens (tertiary/aromatic N) is 2. The lowest BCUT2D eigenvalue weighted by Crippen LogP contribution is -2.36. The van der Waals surface area contributed by atoms with E-state index in [0.29, 0.717) is 19.4 Å². The number of hydrogen-bond acceptors (Lipinski definition) is 3. The second-order valence-corrected chi connectivity index (χ2v) is 6.96. The minimum Gasteiger partial charge on any atom is -0.497 e. The Bertz CT molecular complexity index is 617. The van der Waals surface area contributed by atoms with Gasteiger partial charge in [0.25, 0.3) is 0 Å². The van der Waals surface area contributed by atoms with Crippen LogP contribution in [0.15, 0.2) is 24.3 Å². The lowest BCUT2D eigenvalue weighted by Gasteiger charge is -2.27. The first-order chi connectivity index (χ1) is 12.2. The number of carbonyl (C=O) groups is 2. The molecule has 0 saturated carbocycles. The Labute approximate surface area is 149 Å². The van der Waals surface area contributed by atoms with Crippen LogP contribution in [0.2, 0.25) is 0 Å². The zero-order chi connectivity index (χ0) is 17.6. The van der Waals surface area contributed by atoms with Crippen LogP contribution in [0.4, 0.5) is 0 Å². The molecule has 1 aromatic carbocycles. The zero-order valence-electron chi connectivity index (χ0n) is 15.1. The molecule has 2 saturated heterocycles. The maximum Gasteiger partial charge on any atom is 0.224 e. The summed E-state index contributed by atoms with van der Waals surface area (Å²) < 4.78 is 5.31. The Hall–Kier alpha value is -2.04. The maximum atomic E-state index is 12.8. The largest absolute Gasteiger partial charge is 0.497 e. The van der Waals surface area contributed by atoms with Crippen molar-refractivity contribution < 1.29 is 14.3 Å². The van der Waals surface area contributed by atoms with E-state index < -0.39 is 0 Å². The van der Waals surface area contributed by atoms with Gasteiger partial charge in [-0.2, -0.15) is 0 Å². The van der Waals surface area contributed by atoms with Crippen LogP contribution < -0.4 is 4.74 Å². The third kappa shape index (κ3) is 4.33. The Morgan fingerprint density at radius 1 is 1.20 bits per heavy atom. The minimum absolute atomic E-state index is 0.127. The average Bonchev–Trinajstić information content (AvgIpc) is 3.04. The van der Waals surface area contributed by atoms with Crippen LogP contribution in [-0.2, 0) is 9.59 Å². The first-order valence-electron chi connectivity index (χ1n) is 9.40. The quantitative estimate of drug-likeness (QED) is 0.824. The molecule has 2 aliphatic rings. The fraction of sp³-hybridized carbons (Fsp3) is 0.600. The highest BCUT2D eigenvalue weighted by atomic mass is 16.5. The molecule has 2 amide bonds. The monoisotopic (exact) mass is 344 g/mol. The molecule has 0 aromatic heterocycles. The Kier molecular flexibility index (Phi) is 5.95. The van der Waals surface area contributed by atoms with Crippen LogP contribution >= 0.6 is 0 Å². The van der Waals surface area contributed by atoms with Gasteiger partial charge in [-0.3, -0.25) is 9.59 Å². The molecule has 5 heteroatoms. The molecule has 1 atom stereocenters. The highest BCUT2D eigenvalue weighted by molar-refractivity contribution is 5.79. The van der Waals surface area contributed by atoms with Gasteiger partial charge in [0.1, 0.15) is 5.75 Å². The molecule has 2 heterocycles. The van der Waals surface area contributed by atoms with Crippen LogP contribution in [-0.4, -0.2) is 48.4 Å². The van der Waals surface area contributed by atoms with Gasteiger partial charge in [-0.25, -0.2) is 0 Å². The Morgan fingerprint density at radius 3 is 2.92 bits per heavy atom. The second kappa shape index (κ2) is 8.37. The first-order valence-corrected chi connectivity index (χ1v) is 9.40. The van der Waals surface area contributed by atoms with Gasteiger partial charge in [-0.15, -0.1) is 0 Å². The van der Waals surface area contributed by atoms with Gasteiger partial charge in [0.05, 0.1) is 13.2 Å². The zero-order valence-corrected chi connectivity index (χ0v) is 15.1. The van der Waals surface area contributed by atoms with Crippen molar-refractivity contribution in [3.05, 3.63) is 29.8 Å². The molecule has 136 valence electrons. The number of likely N-dealkylation sites (tertiary alicyclic amines) is 2. The molecule has 25 heavy (non-hydrogen) atoms. The number of methoxy groups -OCH3 is 1. The Balaban J connectivity index is 1.61. The van der Waals surface area contributed by atoms with Gasteiger partial charge in [0.15, 0.2) is 0 Å². The molecule has 5 nitrogen and oxygen atoms in total. The van der Waals surface area contributed by atoms with E-state index in [0.717, 1.165) is 56.5 Å². The van der Waals surface area contributed by atoms with Crippen LogP contribution in [0.25, 0.3) is 0 Å². The molecule has 2 aliphatic heterocycles. The van der Waals surface area contributed by atoms with Gasteiger partial charge in [0.2, 0.25) is 11.8 Å². The number of carbonyl (C=O) groups excluding carboxylic acids is 2. The molecule has 0 spiro atoms. The van der Waals surface area contributed by atoms with Gasteiger partial charge >= 0.3 is 0 Å². The predicted molar refractivity (Wildman–Crippen MR) is 96.3 cm³/mol. The number of benzene rings is 1. The van der Waals surface area contributed by atoms with E-state index in [1.165, 1.54) is 0 Å². The average molecular weight is 344 g/mol. The summed E-state index contributed by atoms with van der Waals surface area (Å²) in [5.41, 5.74) is 1.14. The summed E-state index contributed by atoms with van der Waals surface area (Å²) in [7, 11) is 1.66. The molecule has 0 aliphatic carbocycles. The summed E-state index contributed by atoms with van der Waals surface area (Å²) in [6.07, 6.45) is 6.21. The van der Waals surface area contributed by atoms with E-state index in [9.17, 15) is 9.59 Å². The van der Waals surface area contributed by atoms with Gasteiger partial charge in [-0.05, 0) is 43.4 Å². The van der Waals surface area contributed by atoms with Gasteiger partial charge in [-0.1, -0.05) is 18.6 Å². The van der Waals surface area contributed by atoms with E-state index in [1.807, 2.05) is 28.0 Å². The van der Waals surface area contributed by atoms with E-state index in [-0.39, 0.29) is 17.9 Å². The lowest BCUT2D eigenvalue weighted by atomic mass is 10.0. The fourth-order valence-electron chi connectivity index (χ4n) is 3.91. The molecule has 2 fully saturated rings. The van der Waals surface area contributed by atoms with Gasteiger partial charge in [0, 0.05) is 32.5 Å². The van der Waals surface area contributed by atoms with Crippen LogP contribution in [0.5, 0.6) is 5.75 Å². The molecular formula is C20H28N2O3. The summed E-state index contributed by atoms with van der Waals surface area (Å²) >= 11 is 0. The normalized spacial score (nSPS) is 21.3. The molecule has 0 radical (unpaired) electrons. The van der Waals surface area contributed by atoms with Crippen molar-refractivity contribution in [2.45, 2.75) is 51.0 Å². The van der Waals surface area contributed by atoms with E-state index in [4.69, 9.17) is 4.74 Å². The SMILES string of the molecule is COc1cccc(C2CCCN2C(=O)CCN2CCCCCC2=O)c1.